The van der Waals surface area contributed by atoms with Crippen LogP contribution < -0.4 is 5.32 Å². The first-order chi connectivity index (χ1) is 5.84. The average molecular weight is 169 g/mol. The molecule has 0 spiro atoms. The summed E-state index contributed by atoms with van der Waals surface area (Å²) >= 11 is 0. The third-order valence-electron chi connectivity index (χ3n) is 1.34. The molecule has 0 aliphatic rings. The van der Waals surface area contributed by atoms with Crippen LogP contribution in [-0.2, 0) is 4.74 Å². The fourth-order valence-corrected chi connectivity index (χ4v) is 0.761. The monoisotopic (exact) mass is 169 g/mol. The molecule has 4 nitrogen and oxygen atoms in total. The maximum absolute atomic E-state index is 11.1. The first-order valence-electron chi connectivity index (χ1n) is 3.65. The summed E-state index contributed by atoms with van der Waals surface area (Å²) in [5.74, 6) is 0.114. The summed E-state index contributed by atoms with van der Waals surface area (Å²) in [5.41, 5.74) is 0. The van der Waals surface area contributed by atoms with Crippen molar-refractivity contribution >= 4 is 5.91 Å². The summed E-state index contributed by atoms with van der Waals surface area (Å²) < 4.78 is 9.64. The highest BCUT2D eigenvalue weighted by atomic mass is 16.5. The van der Waals surface area contributed by atoms with Crippen LogP contribution in [0.3, 0.4) is 0 Å². The van der Waals surface area contributed by atoms with Gasteiger partial charge in [-0.25, -0.2) is 0 Å². The van der Waals surface area contributed by atoms with Crippen LogP contribution in [0.1, 0.15) is 10.6 Å². The van der Waals surface area contributed by atoms with Crippen LogP contribution in [0, 0.1) is 0 Å². The minimum atomic E-state index is -0.211. The predicted octanol–water partition coefficient (Wildman–Crippen LogP) is 0.656. The number of carbonyl (C=O) groups excluding carboxylic acids is 1. The normalized spacial score (nSPS) is 9.75. The Hall–Kier alpha value is -1.29. The van der Waals surface area contributed by atoms with Crippen molar-refractivity contribution in [2.24, 2.45) is 0 Å². The third kappa shape index (κ3) is 2.39. The predicted molar refractivity (Wildman–Crippen MR) is 42.9 cm³/mol. The van der Waals surface area contributed by atoms with Crippen LogP contribution >= 0.6 is 0 Å². The standard InChI is InChI=1S/C8H11NO3/c1-11-6-4-9-8(10)7-3-2-5-12-7/h2-3,5H,4,6H2,1H3,(H,9,10). The number of hydrogen-bond donors (Lipinski definition) is 1. The van der Waals surface area contributed by atoms with Crippen molar-refractivity contribution in [2.75, 3.05) is 20.3 Å². The highest BCUT2D eigenvalue weighted by Gasteiger charge is 2.05. The van der Waals surface area contributed by atoms with Gasteiger partial charge in [-0.3, -0.25) is 4.79 Å². The van der Waals surface area contributed by atoms with Crippen LogP contribution in [0.15, 0.2) is 22.8 Å². The average Bonchev–Trinajstić information content (AvgIpc) is 2.56. The van der Waals surface area contributed by atoms with E-state index in [1.807, 2.05) is 0 Å². The van der Waals surface area contributed by atoms with Crippen LogP contribution in [0.5, 0.6) is 0 Å². The molecule has 1 rings (SSSR count). The van der Waals surface area contributed by atoms with E-state index >= 15 is 0 Å². The molecular formula is C8H11NO3. The molecule has 1 amide bonds. The van der Waals surface area contributed by atoms with E-state index in [9.17, 15) is 4.79 Å². The van der Waals surface area contributed by atoms with E-state index in [0.29, 0.717) is 18.9 Å². The van der Waals surface area contributed by atoms with Gasteiger partial charge >= 0.3 is 0 Å². The van der Waals surface area contributed by atoms with E-state index in [2.05, 4.69) is 5.32 Å². The zero-order valence-electron chi connectivity index (χ0n) is 6.87. The van der Waals surface area contributed by atoms with E-state index in [1.165, 1.54) is 6.26 Å². The molecule has 1 heterocycles. The molecule has 1 N–H and O–H groups in total. The molecule has 0 unspecified atom stereocenters. The molecule has 4 heteroatoms. The molecular weight excluding hydrogens is 158 g/mol. The number of amides is 1. The number of furan rings is 1. The van der Waals surface area contributed by atoms with Crippen molar-refractivity contribution < 1.29 is 13.9 Å². The van der Waals surface area contributed by atoms with Crippen molar-refractivity contribution in [1.82, 2.24) is 5.32 Å². The van der Waals surface area contributed by atoms with Gasteiger partial charge in [0.15, 0.2) is 5.76 Å². The fourth-order valence-electron chi connectivity index (χ4n) is 0.761. The highest BCUT2D eigenvalue weighted by molar-refractivity contribution is 5.91. The van der Waals surface area contributed by atoms with Crippen molar-refractivity contribution in [3.05, 3.63) is 24.2 Å². The van der Waals surface area contributed by atoms with Crippen LogP contribution in [0.4, 0.5) is 0 Å². The Morgan fingerprint density at radius 2 is 2.58 bits per heavy atom. The summed E-state index contributed by atoms with van der Waals surface area (Å²) in [5, 5.41) is 2.63. The maximum atomic E-state index is 11.1. The van der Waals surface area contributed by atoms with Gasteiger partial charge in [0.2, 0.25) is 0 Å². The van der Waals surface area contributed by atoms with Crippen molar-refractivity contribution in [1.29, 1.82) is 0 Å². The van der Waals surface area contributed by atoms with Crippen LogP contribution in [-0.4, -0.2) is 26.2 Å². The zero-order chi connectivity index (χ0) is 8.81. The van der Waals surface area contributed by atoms with Crippen molar-refractivity contribution in [3.8, 4) is 0 Å². The first kappa shape index (κ1) is 8.80. The molecule has 0 atom stereocenters. The number of methoxy groups -OCH3 is 1. The molecule has 0 saturated heterocycles. The minimum Gasteiger partial charge on any atom is -0.459 e. The molecule has 0 saturated carbocycles. The summed E-state index contributed by atoms with van der Waals surface area (Å²) in [6, 6.07) is 3.29. The second kappa shape index (κ2) is 4.56. The zero-order valence-corrected chi connectivity index (χ0v) is 6.87. The van der Waals surface area contributed by atoms with Crippen LogP contribution in [0.25, 0.3) is 0 Å². The van der Waals surface area contributed by atoms with Gasteiger partial charge in [0.1, 0.15) is 0 Å². The van der Waals surface area contributed by atoms with Gasteiger partial charge in [0.05, 0.1) is 12.9 Å². The molecule has 0 bridgehead atoms. The van der Waals surface area contributed by atoms with Gasteiger partial charge in [-0.1, -0.05) is 0 Å². The fraction of sp³-hybridized carbons (Fsp3) is 0.375. The molecule has 1 aromatic heterocycles. The van der Waals surface area contributed by atoms with E-state index in [1.54, 1.807) is 19.2 Å². The molecule has 0 aliphatic heterocycles. The third-order valence-corrected chi connectivity index (χ3v) is 1.34. The van der Waals surface area contributed by atoms with E-state index < -0.39 is 0 Å². The Kier molecular flexibility index (Phi) is 3.35. The van der Waals surface area contributed by atoms with E-state index in [0.717, 1.165) is 0 Å². The Balaban J connectivity index is 2.30. The molecule has 0 aliphatic carbocycles. The number of ether oxygens (including phenoxy) is 1. The van der Waals surface area contributed by atoms with Crippen LogP contribution in [0.2, 0.25) is 0 Å². The van der Waals surface area contributed by atoms with Gasteiger partial charge < -0.3 is 14.5 Å². The SMILES string of the molecule is COCCNC(=O)c1ccco1. The molecule has 0 radical (unpaired) electrons. The quantitative estimate of drug-likeness (QED) is 0.673. The van der Waals surface area contributed by atoms with Gasteiger partial charge in [-0.2, -0.15) is 0 Å². The van der Waals surface area contributed by atoms with Gasteiger partial charge in [0, 0.05) is 13.7 Å². The highest BCUT2D eigenvalue weighted by Crippen LogP contribution is 1.98. The lowest BCUT2D eigenvalue weighted by molar-refractivity contribution is 0.0909. The Morgan fingerprint density at radius 1 is 1.75 bits per heavy atom. The Labute approximate surface area is 70.5 Å². The molecule has 0 aromatic carbocycles. The summed E-state index contributed by atoms with van der Waals surface area (Å²) in [6.07, 6.45) is 1.46. The lowest BCUT2D eigenvalue weighted by Crippen LogP contribution is -2.26. The second-order valence-electron chi connectivity index (χ2n) is 2.23. The summed E-state index contributed by atoms with van der Waals surface area (Å²) in [6.45, 7) is 1.00. The second-order valence-corrected chi connectivity index (χ2v) is 2.23. The maximum Gasteiger partial charge on any atom is 0.287 e. The first-order valence-corrected chi connectivity index (χ1v) is 3.65. The summed E-state index contributed by atoms with van der Waals surface area (Å²) in [4.78, 5) is 11.1. The number of hydrogen-bond acceptors (Lipinski definition) is 3. The Bertz CT molecular complexity index is 230. The van der Waals surface area contributed by atoms with E-state index in [4.69, 9.17) is 9.15 Å². The molecule has 0 fully saturated rings. The smallest absolute Gasteiger partial charge is 0.287 e. The number of nitrogens with one attached hydrogen (secondary N) is 1. The molecule has 1 aromatic rings. The Morgan fingerprint density at radius 3 is 3.17 bits per heavy atom. The molecule has 12 heavy (non-hydrogen) atoms. The topological polar surface area (TPSA) is 51.5 Å². The largest absolute Gasteiger partial charge is 0.459 e. The van der Waals surface area contributed by atoms with E-state index in [-0.39, 0.29) is 5.91 Å². The lowest BCUT2D eigenvalue weighted by Gasteiger charge is -2.00. The van der Waals surface area contributed by atoms with Gasteiger partial charge in [-0.05, 0) is 12.1 Å². The summed E-state index contributed by atoms with van der Waals surface area (Å²) in [7, 11) is 1.58. The molecule has 66 valence electrons. The van der Waals surface area contributed by atoms with Crippen molar-refractivity contribution in [2.45, 2.75) is 0 Å². The van der Waals surface area contributed by atoms with Gasteiger partial charge in [0.25, 0.3) is 5.91 Å². The van der Waals surface area contributed by atoms with Gasteiger partial charge in [-0.15, -0.1) is 0 Å². The minimum absolute atomic E-state index is 0.211. The number of carbonyl (C=O) groups is 1. The van der Waals surface area contributed by atoms with Crippen molar-refractivity contribution in [3.63, 3.8) is 0 Å². The number of rotatable bonds is 4. The lowest BCUT2D eigenvalue weighted by atomic mass is 10.4.